The van der Waals surface area contributed by atoms with Crippen LogP contribution in [0.25, 0.3) is 0 Å². The van der Waals surface area contributed by atoms with Crippen molar-refractivity contribution in [2.45, 2.75) is 18.9 Å². The Morgan fingerprint density at radius 3 is 2.39 bits per heavy atom. The first-order valence-corrected chi connectivity index (χ1v) is 5.00. The van der Waals surface area contributed by atoms with Crippen LogP contribution in [0.3, 0.4) is 0 Å². The molecule has 100 valence electrons. The Morgan fingerprint density at radius 1 is 1.39 bits per heavy atom. The molecule has 0 aliphatic heterocycles. The minimum Gasteiger partial charge on any atom is -0.494 e. The monoisotopic (exact) mass is 259 g/mol. The second-order valence-electron chi connectivity index (χ2n) is 3.55. The predicted molar refractivity (Wildman–Crippen MR) is 57.9 cm³/mol. The van der Waals surface area contributed by atoms with E-state index in [4.69, 9.17) is 14.9 Å². The van der Waals surface area contributed by atoms with E-state index >= 15 is 0 Å². The first kappa shape index (κ1) is 13.7. The molecule has 1 unspecified atom stereocenters. The zero-order valence-corrected chi connectivity index (χ0v) is 9.53. The normalized spacial score (nSPS) is 12.1. The Bertz CT molecular complexity index is 465. The molecule has 0 saturated carbocycles. The highest BCUT2D eigenvalue weighted by molar-refractivity contribution is 5.74. The molecule has 0 fully saturated rings. The van der Waals surface area contributed by atoms with Crippen LogP contribution in [0.2, 0.25) is 0 Å². The minimum atomic E-state index is -1.38. The van der Waals surface area contributed by atoms with Gasteiger partial charge in [-0.25, -0.2) is 4.79 Å². The Balaban J connectivity index is 3.09. The zero-order valence-electron chi connectivity index (χ0n) is 9.53. The van der Waals surface area contributed by atoms with Crippen molar-refractivity contribution >= 4 is 11.9 Å². The number of aromatic nitrogens is 1. The number of ether oxygens (including phenoxy) is 1. The van der Waals surface area contributed by atoms with Crippen molar-refractivity contribution < 1.29 is 34.8 Å². The van der Waals surface area contributed by atoms with Crippen LogP contribution in [0.4, 0.5) is 0 Å². The molecule has 0 radical (unpaired) electrons. The number of aliphatic carboxylic acids is 2. The molecule has 1 rings (SSSR count). The Morgan fingerprint density at radius 2 is 2.00 bits per heavy atom. The van der Waals surface area contributed by atoms with Crippen LogP contribution in [0.15, 0.2) is 6.07 Å². The summed E-state index contributed by atoms with van der Waals surface area (Å²) in [6.45, 7) is 0. The lowest BCUT2D eigenvalue weighted by Crippen LogP contribution is -2.19. The number of carboxylic acid groups (broad SMARTS) is 2. The van der Waals surface area contributed by atoms with Crippen molar-refractivity contribution in [3.05, 3.63) is 6.07 Å². The first-order chi connectivity index (χ1) is 8.38. The maximum Gasteiger partial charge on any atom is 0.326 e. The molecule has 0 spiro atoms. The van der Waals surface area contributed by atoms with Crippen molar-refractivity contribution in [2.75, 3.05) is 7.11 Å². The Labute approximate surface area is 102 Å². The van der Waals surface area contributed by atoms with Crippen molar-refractivity contribution in [1.82, 2.24) is 4.57 Å². The molecule has 0 aliphatic rings. The van der Waals surface area contributed by atoms with Crippen LogP contribution in [0, 0.1) is 0 Å². The SMILES string of the molecule is COc1cc(O)n(C(CCC(=O)O)C(=O)O)c1O. The zero-order chi connectivity index (χ0) is 13.9. The van der Waals surface area contributed by atoms with Gasteiger partial charge < -0.3 is 25.2 Å². The molecular formula is C10H13NO7. The first-order valence-electron chi connectivity index (χ1n) is 5.00. The number of methoxy groups -OCH3 is 1. The van der Waals surface area contributed by atoms with Crippen LogP contribution in [-0.4, -0.2) is 44.0 Å². The van der Waals surface area contributed by atoms with E-state index < -0.39 is 36.2 Å². The molecule has 8 nitrogen and oxygen atoms in total. The van der Waals surface area contributed by atoms with Crippen molar-refractivity contribution in [3.8, 4) is 17.5 Å². The standard InChI is InChI=1S/C10H13NO7/c1-18-6-4-7(12)11(9(6)15)5(10(16)17)2-3-8(13)14/h4-5,12,15H,2-3H2,1H3,(H,13,14)(H,16,17). The van der Waals surface area contributed by atoms with E-state index in [1.807, 2.05) is 0 Å². The molecule has 0 saturated heterocycles. The highest BCUT2D eigenvalue weighted by Crippen LogP contribution is 2.38. The highest BCUT2D eigenvalue weighted by atomic mass is 16.5. The topological polar surface area (TPSA) is 129 Å². The Kier molecular flexibility index (Phi) is 4.03. The van der Waals surface area contributed by atoms with Gasteiger partial charge in [-0.15, -0.1) is 0 Å². The lowest BCUT2D eigenvalue weighted by molar-refractivity contribution is -0.142. The Hall–Kier alpha value is -2.38. The molecule has 1 heterocycles. The van der Waals surface area contributed by atoms with Gasteiger partial charge in [0.1, 0.15) is 6.04 Å². The molecule has 0 aliphatic carbocycles. The van der Waals surface area contributed by atoms with E-state index in [9.17, 15) is 19.8 Å². The fraction of sp³-hybridized carbons (Fsp3) is 0.400. The van der Waals surface area contributed by atoms with Gasteiger partial charge in [0.15, 0.2) is 11.6 Å². The van der Waals surface area contributed by atoms with Crippen molar-refractivity contribution in [1.29, 1.82) is 0 Å². The molecule has 18 heavy (non-hydrogen) atoms. The molecule has 1 atom stereocenters. The number of rotatable bonds is 6. The molecule has 1 aromatic rings. The highest BCUT2D eigenvalue weighted by Gasteiger charge is 2.28. The van der Waals surface area contributed by atoms with Gasteiger partial charge in [-0.3, -0.25) is 9.36 Å². The smallest absolute Gasteiger partial charge is 0.326 e. The third-order valence-electron chi connectivity index (χ3n) is 2.40. The van der Waals surface area contributed by atoms with Gasteiger partial charge >= 0.3 is 11.9 Å². The summed E-state index contributed by atoms with van der Waals surface area (Å²) in [6.07, 6.45) is -0.681. The molecule has 0 bridgehead atoms. The van der Waals surface area contributed by atoms with Crippen molar-refractivity contribution in [3.63, 3.8) is 0 Å². The van der Waals surface area contributed by atoms with Gasteiger partial charge in [0, 0.05) is 12.5 Å². The molecule has 0 amide bonds. The summed E-state index contributed by atoms with van der Waals surface area (Å²) in [6, 6.07) is -0.337. The summed E-state index contributed by atoms with van der Waals surface area (Å²) >= 11 is 0. The summed E-state index contributed by atoms with van der Waals surface area (Å²) in [5, 5.41) is 36.7. The van der Waals surface area contributed by atoms with E-state index in [2.05, 4.69) is 0 Å². The van der Waals surface area contributed by atoms with E-state index in [1.54, 1.807) is 0 Å². The van der Waals surface area contributed by atoms with Crippen LogP contribution in [0.1, 0.15) is 18.9 Å². The molecule has 0 aromatic carbocycles. The summed E-state index contributed by atoms with van der Waals surface area (Å²) in [5.74, 6) is -3.69. The number of hydrogen-bond donors (Lipinski definition) is 4. The third kappa shape index (κ3) is 2.65. The van der Waals surface area contributed by atoms with Crippen LogP contribution < -0.4 is 4.74 Å². The molecular weight excluding hydrogens is 246 g/mol. The largest absolute Gasteiger partial charge is 0.494 e. The predicted octanol–water partition coefficient (Wildman–Crippen LogP) is 0.398. The summed E-state index contributed by atoms with van der Waals surface area (Å²) in [4.78, 5) is 21.5. The quantitative estimate of drug-likeness (QED) is 0.581. The maximum absolute atomic E-state index is 11.0. The van der Waals surface area contributed by atoms with E-state index in [0.29, 0.717) is 4.57 Å². The van der Waals surface area contributed by atoms with Crippen LogP contribution in [-0.2, 0) is 9.59 Å². The maximum atomic E-state index is 11.0. The lowest BCUT2D eigenvalue weighted by atomic mass is 10.1. The summed E-state index contributed by atoms with van der Waals surface area (Å²) in [5.41, 5.74) is 0. The van der Waals surface area contributed by atoms with Gasteiger partial charge in [0.2, 0.25) is 5.88 Å². The number of carboxylic acids is 2. The fourth-order valence-electron chi connectivity index (χ4n) is 1.56. The number of carbonyl (C=O) groups is 2. The van der Waals surface area contributed by atoms with Gasteiger partial charge in [-0.1, -0.05) is 0 Å². The molecule has 1 aromatic heterocycles. The summed E-state index contributed by atoms with van der Waals surface area (Å²) in [7, 11) is 1.24. The number of nitrogens with zero attached hydrogens (tertiary/aromatic N) is 1. The molecule has 4 N–H and O–H groups in total. The minimum absolute atomic E-state index is 0.0888. The van der Waals surface area contributed by atoms with Gasteiger partial charge in [0.05, 0.1) is 7.11 Å². The summed E-state index contributed by atoms with van der Waals surface area (Å²) < 4.78 is 5.43. The lowest BCUT2D eigenvalue weighted by Gasteiger charge is -2.15. The third-order valence-corrected chi connectivity index (χ3v) is 2.40. The van der Waals surface area contributed by atoms with E-state index in [0.717, 1.165) is 6.07 Å². The fourth-order valence-corrected chi connectivity index (χ4v) is 1.56. The van der Waals surface area contributed by atoms with Gasteiger partial charge in [0.25, 0.3) is 0 Å². The number of aromatic hydroxyl groups is 2. The van der Waals surface area contributed by atoms with Crippen LogP contribution in [0.5, 0.6) is 17.5 Å². The van der Waals surface area contributed by atoms with E-state index in [1.165, 1.54) is 7.11 Å². The van der Waals surface area contributed by atoms with Gasteiger partial charge in [-0.2, -0.15) is 0 Å². The average Bonchev–Trinajstić information content (AvgIpc) is 2.55. The second-order valence-corrected chi connectivity index (χ2v) is 3.55. The molecule has 8 heteroatoms. The average molecular weight is 259 g/mol. The van der Waals surface area contributed by atoms with E-state index in [-0.39, 0.29) is 12.2 Å². The number of hydrogen-bond acceptors (Lipinski definition) is 5. The van der Waals surface area contributed by atoms with Gasteiger partial charge in [-0.05, 0) is 6.42 Å². The second kappa shape index (κ2) is 5.30. The van der Waals surface area contributed by atoms with Crippen molar-refractivity contribution in [2.24, 2.45) is 0 Å². The van der Waals surface area contributed by atoms with Crippen LogP contribution >= 0.6 is 0 Å².